The molecule has 0 fully saturated rings. The first kappa shape index (κ1) is 35.5. The van der Waals surface area contributed by atoms with Gasteiger partial charge >= 0.3 is 265 Å². The summed E-state index contributed by atoms with van der Waals surface area (Å²) in [6, 6.07) is 32.4. The van der Waals surface area contributed by atoms with Crippen molar-refractivity contribution < 1.29 is 14.0 Å². The van der Waals surface area contributed by atoms with E-state index in [0.29, 0.717) is 13.2 Å². The van der Waals surface area contributed by atoms with Crippen LogP contribution >= 0.6 is 6.60 Å². The van der Waals surface area contributed by atoms with Gasteiger partial charge in [-0.05, 0) is 0 Å². The van der Waals surface area contributed by atoms with E-state index in [-0.39, 0.29) is 5.85 Å². The van der Waals surface area contributed by atoms with Gasteiger partial charge in [-0.2, -0.15) is 0 Å². The minimum atomic E-state index is -3.28. The molecule has 236 valence electrons. The van der Waals surface area contributed by atoms with Gasteiger partial charge in [0.05, 0.1) is 0 Å². The van der Waals surface area contributed by atoms with Crippen LogP contribution in [0.1, 0.15) is 104 Å². The van der Waals surface area contributed by atoms with Crippen LogP contribution in [0, 0.1) is 0 Å². The predicted molar refractivity (Wildman–Crippen MR) is 191 cm³/mol. The van der Waals surface area contributed by atoms with Gasteiger partial charge in [-0.15, -0.1) is 0 Å². The van der Waals surface area contributed by atoms with Crippen LogP contribution in [0.5, 0.6) is 0 Å². The Hall–Kier alpha value is -1.97. The van der Waals surface area contributed by atoms with Gasteiger partial charge in [0.2, 0.25) is 0 Å². The van der Waals surface area contributed by atoms with E-state index in [4.69, 9.17) is 14.0 Å². The zero-order valence-corrected chi connectivity index (χ0v) is 28.7. The number of aryl methyl sites for hydroxylation is 1. The molecule has 0 bridgehead atoms. The van der Waals surface area contributed by atoms with Crippen LogP contribution < -0.4 is 15.9 Å². The molecule has 3 rings (SSSR count). The van der Waals surface area contributed by atoms with Crippen molar-refractivity contribution in [3.8, 4) is 0 Å². The Morgan fingerprint density at radius 2 is 1.05 bits per heavy atom. The van der Waals surface area contributed by atoms with Crippen LogP contribution in [0.3, 0.4) is 0 Å². The van der Waals surface area contributed by atoms with Crippen molar-refractivity contribution >= 4 is 29.8 Å². The second-order valence-corrected chi connectivity index (χ2v) is 17.3. The molecule has 0 heterocycles. The fourth-order valence-corrected chi connectivity index (χ4v) is 14.2. The first-order valence-electron chi connectivity index (χ1n) is 17.2. The van der Waals surface area contributed by atoms with Crippen molar-refractivity contribution in [3.05, 3.63) is 90.5 Å². The van der Waals surface area contributed by atoms with E-state index < -0.39 is 13.9 Å². The summed E-state index contributed by atoms with van der Waals surface area (Å²) in [5.41, 5.74) is 1.41. The number of hydrogen-bond donors (Lipinski definition) is 0. The number of hydrogen-bond acceptors (Lipinski definition) is 3. The average molecular weight is 605 g/mol. The van der Waals surface area contributed by atoms with E-state index in [2.05, 4.69) is 120 Å². The molecule has 3 aromatic carbocycles. The molecule has 0 radical (unpaired) electrons. The predicted octanol–water partition coefficient (Wildman–Crippen LogP) is 9.42. The van der Waals surface area contributed by atoms with E-state index >= 15 is 0 Å². The summed E-state index contributed by atoms with van der Waals surface area (Å²) >= 11 is 0. The van der Waals surface area contributed by atoms with Gasteiger partial charge in [0.1, 0.15) is 0 Å². The van der Waals surface area contributed by atoms with Crippen LogP contribution in [0.15, 0.2) is 84.9 Å². The van der Waals surface area contributed by atoms with Crippen LogP contribution in [-0.4, -0.2) is 32.5 Å². The van der Waals surface area contributed by atoms with Crippen LogP contribution in [0.25, 0.3) is 0 Å². The second kappa shape index (κ2) is 18.8. The molecule has 0 aliphatic heterocycles. The summed E-state index contributed by atoms with van der Waals surface area (Å²) in [5.74, 6) is -0.0953. The minimum absolute atomic E-state index is 0.0953. The Balaban J connectivity index is 2.37. The second-order valence-electron chi connectivity index (χ2n) is 12.0. The summed E-state index contributed by atoms with van der Waals surface area (Å²) in [5, 5.41) is 4.21. The van der Waals surface area contributed by atoms with Crippen LogP contribution in [0.2, 0.25) is 0 Å². The van der Waals surface area contributed by atoms with Crippen molar-refractivity contribution in [1.29, 1.82) is 0 Å². The van der Waals surface area contributed by atoms with E-state index in [0.717, 1.165) is 63.9 Å². The molecule has 0 aliphatic rings. The molecule has 43 heavy (non-hydrogen) atoms. The van der Waals surface area contributed by atoms with Crippen molar-refractivity contribution in [3.63, 3.8) is 0 Å². The molecule has 0 aliphatic carbocycles. The van der Waals surface area contributed by atoms with Crippen LogP contribution in [-0.2, 0) is 20.4 Å². The summed E-state index contributed by atoms with van der Waals surface area (Å²) in [4.78, 5) is 0. The molecule has 5 heteroatoms. The summed E-state index contributed by atoms with van der Waals surface area (Å²) in [6.07, 6.45) is 12.9. The van der Waals surface area contributed by atoms with Crippen molar-refractivity contribution in [2.24, 2.45) is 0 Å². The van der Waals surface area contributed by atoms with Crippen molar-refractivity contribution in [1.82, 2.24) is 0 Å². The maximum absolute atomic E-state index is 7.32. The molecule has 1 atom stereocenters. The molecule has 3 aromatic rings. The average Bonchev–Trinajstić information content (AvgIpc) is 3.06. The van der Waals surface area contributed by atoms with Gasteiger partial charge in [0.25, 0.3) is 0 Å². The molecule has 0 saturated heterocycles. The third-order valence-electron chi connectivity index (χ3n) is 8.96. The van der Waals surface area contributed by atoms with E-state index in [1.807, 2.05) is 0 Å². The molecule has 3 nitrogen and oxygen atoms in total. The maximum atomic E-state index is 7.32. The summed E-state index contributed by atoms with van der Waals surface area (Å²) < 4.78 is 20.1. The normalized spacial score (nSPS) is 13.4. The topological polar surface area (TPSA) is 27.7 Å². The van der Waals surface area contributed by atoms with Crippen molar-refractivity contribution in [2.45, 2.75) is 111 Å². The molecule has 0 amide bonds. The van der Waals surface area contributed by atoms with Gasteiger partial charge in [0, 0.05) is 0 Å². The Kier molecular flexibility index (Phi) is 15.5. The van der Waals surface area contributed by atoms with Gasteiger partial charge in [-0.1, -0.05) is 0 Å². The SMILES string of the molecule is CCCCOB(OCCCC)OC(CCC)P(CCCC)(c1ccccc1)(c1ccccc1)c1ccc(CCCC)cc1. The summed E-state index contributed by atoms with van der Waals surface area (Å²) in [7, 11) is -0.686. The quantitative estimate of drug-likeness (QED) is 0.0650. The molecule has 0 spiro atoms. The first-order chi connectivity index (χ1) is 21.1. The molecule has 0 saturated carbocycles. The molecular weight excluding hydrogens is 546 g/mol. The third kappa shape index (κ3) is 8.40. The zero-order valence-electron chi connectivity index (χ0n) is 27.8. The Bertz CT molecular complexity index is 1090. The molecule has 0 aromatic heterocycles. The third-order valence-corrected chi connectivity index (χ3v) is 16.3. The van der Waals surface area contributed by atoms with Gasteiger partial charge in [-0.25, -0.2) is 0 Å². The van der Waals surface area contributed by atoms with Gasteiger partial charge < -0.3 is 0 Å². The zero-order chi connectivity index (χ0) is 30.8. The fraction of sp³-hybridized carbons (Fsp3) is 0.526. The molecule has 1 unspecified atom stereocenters. The number of unbranched alkanes of at least 4 members (excludes halogenated alkanes) is 4. The Morgan fingerprint density at radius 3 is 1.51 bits per heavy atom. The Morgan fingerprint density at radius 1 is 0.558 bits per heavy atom. The summed E-state index contributed by atoms with van der Waals surface area (Å²) in [6.45, 7) is 9.27. The van der Waals surface area contributed by atoms with E-state index in [9.17, 15) is 0 Å². The van der Waals surface area contributed by atoms with Gasteiger partial charge in [-0.3, -0.25) is 0 Å². The molecular formula is C38H58BO3P. The number of rotatable bonds is 22. The standard InChI is InChI=1S/C38H58BO3P/c1-6-11-22-34-27-29-37(30-28-34)43(33-14-9-4,35-23-17-15-18-24-35,36-25-19-16-20-26-36)38(21-10-5)42-39(40-31-12-7-2)41-32-13-8-3/h15-20,23-30,38H,6-14,21-22,31-33H2,1-5H3. The van der Waals surface area contributed by atoms with Gasteiger partial charge in [0.15, 0.2) is 0 Å². The Labute approximate surface area is 264 Å². The molecule has 0 N–H and O–H groups in total. The first-order valence-corrected chi connectivity index (χ1v) is 19.7. The fourth-order valence-electron chi connectivity index (χ4n) is 6.52. The monoisotopic (exact) mass is 604 g/mol. The van der Waals surface area contributed by atoms with E-state index in [1.54, 1.807) is 0 Å². The van der Waals surface area contributed by atoms with Crippen molar-refractivity contribution in [2.75, 3.05) is 19.4 Å². The van der Waals surface area contributed by atoms with Crippen LogP contribution in [0.4, 0.5) is 0 Å². The van der Waals surface area contributed by atoms with E-state index in [1.165, 1.54) is 34.3 Å². The number of benzene rings is 3.